The second-order valence-corrected chi connectivity index (χ2v) is 25.6. The maximum atomic E-state index is 9.68. The highest BCUT2D eigenvalue weighted by atomic mass is 28.3. The molecule has 0 saturated carbocycles. The van der Waals surface area contributed by atoms with Gasteiger partial charge in [0.15, 0.2) is 22.8 Å². The Labute approximate surface area is 410 Å². The quantitative estimate of drug-likeness (QED) is 0.121. The topological polar surface area (TPSA) is 25.8 Å². The summed E-state index contributed by atoms with van der Waals surface area (Å²) < 4.78 is 24.9. The Morgan fingerprint density at radius 3 is 1.79 bits per heavy atom. The lowest BCUT2D eigenvalue weighted by atomic mass is 9.87. The predicted molar refractivity (Wildman–Crippen MR) is 291 cm³/mol. The van der Waals surface area contributed by atoms with Gasteiger partial charge >= 0.3 is 11.5 Å². The molecule has 0 aliphatic carbocycles. The van der Waals surface area contributed by atoms with Crippen LogP contribution in [-0.4, -0.2) is 12.6 Å². The summed E-state index contributed by atoms with van der Waals surface area (Å²) in [4.78, 5) is 0. The Morgan fingerprint density at radius 1 is 0.557 bits per heavy atom. The van der Waals surface area contributed by atoms with E-state index in [0.717, 1.165) is 89.1 Å². The molecular weight excluding hydrogens is 867 g/mol. The molecule has 0 N–H and O–H groups in total. The van der Waals surface area contributed by atoms with E-state index in [9.17, 15) is 1.37 Å². The summed E-state index contributed by atoms with van der Waals surface area (Å²) in [6, 6.07) is 75.5. The third kappa shape index (κ3) is 5.76. The van der Waals surface area contributed by atoms with Gasteiger partial charge in [-0.2, -0.15) is 4.57 Å². The maximum Gasteiger partial charge on any atom is 0.364 e. The van der Waals surface area contributed by atoms with E-state index in [1.807, 2.05) is 13.8 Å². The average molecular weight is 919 g/mol. The molecular formula is C65H51N3OSi+2. The standard InChI is InChI=1S/C65H51N3OSi/c1-41(2)54-39-57-53-32-28-48(43-19-11-7-12-20-43)35-56(53)65(66(57)40-61(54)70(3,4)5)55-34-33-52-51-31-27-49(44-21-13-8-14-22-44)38-60(51)69-63(52)62(55)64-67(50-29-25-45(26-30-50)42-17-9-6-10-18-42)58-36-46-23-15-16-24-47(46)37-59(58)68(64)65/h6-41H,1-5H3/q+2/i41D. The summed E-state index contributed by atoms with van der Waals surface area (Å²) >= 11 is 0. The normalized spacial score (nSPS) is 15.2. The van der Waals surface area contributed by atoms with Crippen molar-refractivity contribution >= 4 is 57.0 Å². The van der Waals surface area contributed by atoms with Crippen molar-refractivity contribution in [1.82, 2.24) is 4.57 Å². The fourth-order valence-electron chi connectivity index (χ4n) is 12.0. The van der Waals surface area contributed by atoms with Crippen molar-refractivity contribution in [2.24, 2.45) is 0 Å². The molecule has 2 aliphatic rings. The first-order valence-corrected chi connectivity index (χ1v) is 28.0. The predicted octanol–water partition coefficient (Wildman–Crippen LogP) is 15.2. The molecule has 0 saturated heterocycles. The minimum atomic E-state index is -2.09. The lowest BCUT2D eigenvalue weighted by molar-refractivity contribution is -0.944. The van der Waals surface area contributed by atoms with Gasteiger partial charge in [0.1, 0.15) is 16.8 Å². The van der Waals surface area contributed by atoms with Crippen molar-refractivity contribution in [2.75, 3.05) is 0 Å². The third-order valence-electron chi connectivity index (χ3n) is 15.2. The summed E-state index contributed by atoms with van der Waals surface area (Å²) in [7, 11) is -2.09. The molecule has 0 radical (unpaired) electrons. The van der Waals surface area contributed by atoms with Crippen LogP contribution >= 0.6 is 0 Å². The van der Waals surface area contributed by atoms with Gasteiger partial charge in [-0.05, 0) is 116 Å². The molecule has 1 unspecified atom stereocenters. The number of pyridine rings is 1. The first-order chi connectivity index (χ1) is 34.5. The molecule has 70 heavy (non-hydrogen) atoms. The van der Waals surface area contributed by atoms with Crippen molar-refractivity contribution in [1.29, 1.82) is 0 Å². The number of hydrogen-bond donors (Lipinski definition) is 0. The summed E-state index contributed by atoms with van der Waals surface area (Å²) in [6.45, 7) is 11.4. The molecule has 2 aliphatic heterocycles. The van der Waals surface area contributed by atoms with Crippen molar-refractivity contribution in [3.05, 3.63) is 229 Å². The van der Waals surface area contributed by atoms with Crippen LogP contribution in [0.2, 0.25) is 19.6 Å². The number of fused-ring (bicyclic) bond motifs is 17. The van der Waals surface area contributed by atoms with Gasteiger partial charge in [0.05, 0.1) is 24.8 Å². The van der Waals surface area contributed by atoms with Gasteiger partial charge in [-0.25, -0.2) is 0 Å². The Hall–Kier alpha value is -8.12. The molecule has 0 fully saturated rings. The monoisotopic (exact) mass is 918 g/mol. The second kappa shape index (κ2) is 14.9. The van der Waals surface area contributed by atoms with Crippen LogP contribution in [0.25, 0.3) is 105 Å². The van der Waals surface area contributed by atoms with Gasteiger partial charge in [-0.15, -0.1) is 9.13 Å². The Balaban J connectivity index is 1.19. The van der Waals surface area contributed by atoms with Crippen LogP contribution in [0, 0.1) is 0 Å². The highest BCUT2D eigenvalue weighted by Gasteiger charge is 2.67. The van der Waals surface area contributed by atoms with Crippen LogP contribution in [-0.2, 0) is 5.66 Å². The zero-order valence-electron chi connectivity index (χ0n) is 41.0. The van der Waals surface area contributed by atoms with Crippen LogP contribution in [0.1, 0.15) is 37.8 Å². The number of imidazole rings is 1. The highest BCUT2D eigenvalue weighted by molar-refractivity contribution is 6.89. The zero-order valence-corrected chi connectivity index (χ0v) is 41.0. The van der Waals surface area contributed by atoms with Crippen LogP contribution in [0.3, 0.4) is 0 Å². The Kier molecular flexibility index (Phi) is 8.50. The molecule has 4 nitrogen and oxygen atoms in total. The number of furan rings is 1. The number of benzene rings is 9. The molecule has 1 spiro atoms. The molecule has 0 bridgehead atoms. The van der Waals surface area contributed by atoms with Gasteiger partial charge in [0.2, 0.25) is 5.69 Å². The van der Waals surface area contributed by atoms with Crippen LogP contribution < -0.4 is 14.3 Å². The maximum absolute atomic E-state index is 9.68. The zero-order chi connectivity index (χ0) is 48.0. The summed E-state index contributed by atoms with van der Waals surface area (Å²) in [6.07, 6.45) is 2.47. The van der Waals surface area contributed by atoms with Crippen LogP contribution in [0.15, 0.2) is 217 Å². The van der Waals surface area contributed by atoms with Crippen LogP contribution in [0.5, 0.6) is 0 Å². The lowest BCUT2D eigenvalue weighted by Crippen LogP contribution is -2.72. The Bertz CT molecular complexity index is 4160. The minimum Gasteiger partial charge on any atom is -0.455 e. The number of rotatable bonds is 6. The van der Waals surface area contributed by atoms with E-state index in [0.29, 0.717) is 0 Å². The SMILES string of the molecule is [2H]C(C)(C)c1cc2[n+](cc1[Si](C)(C)C)C1(c3cc(-c4ccccc4)ccc3-2)c2ccc3c(oc4cc(-c5ccccc5)ccc43)c2-c2n(-c3ccc(-c4ccccc4)cc3)c3cc4ccccc4cc3[n+]21. The van der Waals surface area contributed by atoms with Gasteiger partial charge in [0.25, 0.3) is 0 Å². The van der Waals surface area contributed by atoms with Crippen molar-refractivity contribution < 1.29 is 14.9 Å². The third-order valence-corrected chi connectivity index (χ3v) is 17.2. The van der Waals surface area contributed by atoms with E-state index in [1.165, 1.54) is 38.2 Å². The molecule has 14 rings (SSSR count). The molecule has 1 atom stereocenters. The molecule has 5 heterocycles. The Morgan fingerprint density at radius 2 is 1.13 bits per heavy atom. The molecule has 334 valence electrons. The first kappa shape index (κ1) is 39.8. The summed E-state index contributed by atoms with van der Waals surface area (Å²) in [5, 5.41) is 5.81. The molecule has 5 heteroatoms. The number of nitrogens with zero attached hydrogens (tertiary/aromatic N) is 3. The number of aromatic nitrogens is 3. The van der Waals surface area contributed by atoms with E-state index >= 15 is 0 Å². The van der Waals surface area contributed by atoms with Crippen molar-refractivity contribution in [2.45, 2.75) is 45.0 Å². The lowest BCUT2D eigenvalue weighted by Gasteiger charge is -2.25. The summed E-state index contributed by atoms with van der Waals surface area (Å²) in [5.74, 6) is 0.234. The minimum absolute atomic E-state index is 0.823. The van der Waals surface area contributed by atoms with Gasteiger partial charge in [-0.3, -0.25) is 0 Å². The van der Waals surface area contributed by atoms with E-state index < -0.39 is 19.6 Å². The summed E-state index contributed by atoms with van der Waals surface area (Å²) in [5.41, 5.74) is 17.8. The van der Waals surface area contributed by atoms with Gasteiger partial charge in [-0.1, -0.05) is 173 Å². The van der Waals surface area contributed by atoms with Gasteiger partial charge in [0, 0.05) is 23.4 Å². The number of hydrogen-bond acceptors (Lipinski definition) is 1. The average Bonchev–Trinajstić information content (AvgIpc) is 4.10. The molecule has 0 amide bonds. The second-order valence-electron chi connectivity index (χ2n) is 20.5. The van der Waals surface area contributed by atoms with E-state index in [1.54, 1.807) is 0 Å². The molecule has 9 aromatic carbocycles. The molecule has 12 aromatic rings. The largest absolute Gasteiger partial charge is 0.455 e. The highest BCUT2D eigenvalue weighted by Crippen LogP contribution is 2.53. The van der Waals surface area contributed by atoms with Crippen molar-refractivity contribution in [3.8, 4) is 61.7 Å². The molecule has 3 aromatic heterocycles. The van der Waals surface area contributed by atoms with E-state index in [4.69, 9.17) is 4.42 Å². The van der Waals surface area contributed by atoms with E-state index in [-0.39, 0.29) is 0 Å². The van der Waals surface area contributed by atoms with Crippen LogP contribution in [0.4, 0.5) is 0 Å². The van der Waals surface area contributed by atoms with Gasteiger partial charge < -0.3 is 4.42 Å². The first-order valence-electron chi connectivity index (χ1n) is 25.0. The van der Waals surface area contributed by atoms with E-state index in [2.05, 4.69) is 246 Å². The fraction of sp³-hybridized carbons (Fsp3) is 0.108. The fourth-order valence-corrected chi connectivity index (χ4v) is 13.6. The van der Waals surface area contributed by atoms with Crippen molar-refractivity contribution in [3.63, 3.8) is 0 Å². The smallest absolute Gasteiger partial charge is 0.364 e.